The Bertz CT molecular complexity index is 458. The molecule has 0 aliphatic carbocycles. The summed E-state index contributed by atoms with van der Waals surface area (Å²) in [5.74, 6) is 0. The minimum Gasteiger partial charge on any atom is -0.309 e. The second kappa shape index (κ2) is 7.39. The molecule has 118 valence electrons. The van der Waals surface area contributed by atoms with Crippen LogP contribution in [0.4, 0.5) is 0 Å². The molecule has 0 aromatic heterocycles. The fourth-order valence-corrected chi connectivity index (χ4v) is 3.32. The SMILES string of the molecule is CCNC(c1ccc(C)c(C)c1)C1CN(C)CCCN1C. The van der Waals surface area contributed by atoms with E-state index in [1.807, 2.05) is 0 Å². The second-order valence-corrected chi connectivity index (χ2v) is 6.54. The van der Waals surface area contributed by atoms with Gasteiger partial charge < -0.3 is 15.1 Å². The van der Waals surface area contributed by atoms with Crippen molar-refractivity contribution in [1.29, 1.82) is 0 Å². The number of benzene rings is 1. The maximum atomic E-state index is 3.73. The monoisotopic (exact) mass is 289 g/mol. The number of rotatable bonds is 4. The third kappa shape index (κ3) is 4.06. The Hall–Kier alpha value is -0.900. The Balaban J connectivity index is 2.29. The second-order valence-electron chi connectivity index (χ2n) is 6.54. The standard InChI is InChI=1S/C18H31N3/c1-6-19-18(16-9-8-14(2)15(3)12-16)17-13-20(4)10-7-11-21(17)5/h8-9,12,17-19H,6-7,10-11,13H2,1-5H3. The van der Waals surface area contributed by atoms with E-state index in [1.165, 1.54) is 36.2 Å². The van der Waals surface area contributed by atoms with Crippen molar-refractivity contribution in [3.63, 3.8) is 0 Å². The maximum Gasteiger partial charge on any atom is 0.0490 e. The molecule has 2 unspecified atom stereocenters. The lowest BCUT2D eigenvalue weighted by atomic mass is 9.94. The number of likely N-dealkylation sites (N-methyl/N-ethyl adjacent to an activating group) is 3. The molecule has 0 saturated carbocycles. The Morgan fingerprint density at radius 3 is 2.62 bits per heavy atom. The van der Waals surface area contributed by atoms with Gasteiger partial charge in [0.2, 0.25) is 0 Å². The zero-order valence-electron chi connectivity index (χ0n) is 14.3. The molecular formula is C18H31N3. The molecule has 0 spiro atoms. The third-order valence-corrected chi connectivity index (χ3v) is 4.81. The average molecular weight is 289 g/mol. The van der Waals surface area contributed by atoms with Crippen LogP contribution in [0.1, 0.15) is 36.1 Å². The van der Waals surface area contributed by atoms with Gasteiger partial charge in [0.15, 0.2) is 0 Å². The van der Waals surface area contributed by atoms with Gasteiger partial charge in [0.25, 0.3) is 0 Å². The molecule has 1 aromatic rings. The zero-order valence-corrected chi connectivity index (χ0v) is 14.3. The number of hydrogen-bond acceptors (Lipinski definition) is 3. The molecule has 21 heavy (non-hydrogen) atoms. The normalized spacial score (nSPS) is 23.0. The lowest BCUT2D eigenvalue weighted by Gasteiger charge is -2.35. The molecule has 3 nitrogen and oxygen atoms in total. The molecule has 1 aromatic carbocycles. The molecule has 0 amide bonds. The number of aryl methyl sites for hydroxylation is 2. The van der Waals surface area contributed by atoms with Gasteiger partial charge in [-0.1, -0.05) is 25.1 Å². The fraction of sp³-hybridized carbons (Fsp3) is 0.667. The van der Waals surface area contributed by atoms with Gasteiger partial charge in [-0.3, -0.25) is 0 Å². The molecule has 0 radical (unpaired) electrons. The van der Waals surface area contributed by atoms with Crippen LogP contribution < -0.4 is 5.32 Å². The zero-order chi connectivity index (χ0) is 15.4. The summed E-state index contributed by atoms with van der Waals surface area (Å²) in [6, 6.07) is 7.85. The number of nitrogens with one attached hydrogen (secondary N) is 1. The highest BCUT2D eigenvalue weighted by molar-refractivity contribution is 5.32. The van der Waals surface area contributed by atoms with Crippen LogP contribution in [0.2, 0.25) is 0 Å². The van der Waals surface area contributed by atoms with Crippen LogP contribution in [0.3, 0.4) is 0 Å². The van der Waals surface area contributed by atoms with E-state index >= 15 is 0 Å². The summed E-state index contributed by atoms with van der Waals surface area (Å²) in [5, 5.41) is 3.73. The van der Waals surface area contributed by atoms with Crippen molar-refractivity contribution in [2.75, 3.05) is 40.3 Å². The first-order valence-electron chi connectivity index (χ1n) is 8.22. The summed E-state index contributed by atoms with van der Waals surface area (Å²) in [6.07, 6.45) is 1.26. The van der Waals surface area contributed by atoms with E-state index < -0.39 is 0 Å². The van der Waals surface area contributed by atoms with Gasteiger partial charge in [-0.2, -0.15) is 0 Å². The number of hydrogen-bond donors (Lipinski definition) is 1. The fourth-order valence-electron chi connectivity index (χ4n) is 3.32. The van der Waals surface area contributed by atoms with Crippen molar-refractivity contribution in [1.82, 2.24) is 15.1 Å². The first-order chi connectivity index (χ1) is 10.0. The molecular weight excluding hydrogens is 258 g/mol. The van der Waals surface area contributed by atoms with Gasteiger partial charge in [-0.25, -0.2) is 0 Å². The predicted molar refractivity (Wildman–Crippen MR) is 90.9 cm³/mol. The highest BCUT2D eigenvalue weighted by Gasteiger charge is 2.29. The summed E-state index contributed by atoms with van der Waals surface area (Å²) in [5.41, 5.74) is 4.19. The predicted octanol–water partition coefficient (Wildman–Crippen LogP) is 2.59. The van der Waals surface area contributed by atoms with Crippen molar-refractivity contribution >= 4 is 0 Å². The van der Waals surface area contributed by atoms with Crippen LogP contribution >= 0.6 is 0 Å². The van der Waals surface area contributed by atoms with Gasteiger partial charge in [0.1, 0.15) is 0 Å². The molecule has 2 rings (SSSR count). The van der Waals surface area contributed by atoms with Crippen molar-refractivity contribution in [2.24, 2.45) is 0 Å². The lowest BCUT2D eigenvalue weighted by Crippen LogP contribution is -2.47. The first kappa shape index (κ1) is 16.5. The Labute approximate surface area is 130 Å². The topological polar surface area (TPSA) is 18.5 Å². The molecule has 1 N–H and O–H groups in total. The Morgan fingerprint density at radius 1 is 1.19 bits per heavy atom. The molecule has 1 saturated heterocycles. The largest absolute Gasteiger partial charge is 0.309 e. The first-order valence-corrected chi connectivity index (χ1v) is 8.22. The van der Waals surface area contributed by atoms with Crippen molar-refractivity contribution in [2.45, 2.75) is 39.3 Å². The quantitative estimate of drug-likeness (QED) is 0.919. The summed E-state index contributed by atoms with van der Waals surface area (Å²) in [4.78, 5) is 5.01. The van der Waals surface area contributed by atoms with E-state index in [1.54, 1.807) is 0 Å². The molecule has 1 aliphatic rings. The van der Waals surface area contributed by atoms with Crippen molar-refractivity contribution in [3.05, 3.63) is 34.9 Å². The van der Waals surface area contributed by atoms with Crippen LogP contribution in [0.5, 0.6) is 0 Å². The van der Waals surface area contributed by atoms with E-state index in [0.29, 0.717) is 12.1 Å². The van der Waals surface area contributed by atoms with E-state index in [9.17, 15) is 0 Å². The van der Waals surface area contributed by atoms with Crippen LogP contribution in [-0.4, -0.2) is 56.1 Å². The molecule has 1 fully saturated rings. The highest BCUT2D eigenvalue weighted by atomic mass is 15.2. The summed E-state index contributed by atoms with van der Waals surface area (Å²) >= 11 is 0. The van der Waals surface area contributed by atoms with E-state index in [4.69, 9.17) is 0 Å². The molecule has 3 heteroatoms. The number of nitrogens with zero attached hydrogens (tertiary/aromatic N) is 2. The van der Waals surface area contributed by atoms with Gasteiger partial charge >= 0.3 is 0 Å². The highest BCUT2D eigenvalue weighted by Crippen LogP contribution is 2.25. The van der Waals surface area contributed by atoms with Gasteiger partial charge in [0, 0.05) is 18.6 Å². The van der Waals surface area contributed by atoms with Crippen molar-refractivity contribution < 1.29 is 0 Å². The van der Waals surface area contributed by atoms with Crippen molar-refractivity contribution in [3.8, 4) is 0 Å². The van der Waals surface area contributed by atoms with Gasteiger partial charge in [0.05, 0.1) is 0 Å². The summed E-state index contributed by atoms with van der Waals surface area (Å²) < 4.78 is 0. The molecule has 0 bridgehead atoms. The molecule has 1 aliphatic heterocycles. The van der Waals surface area contributed by atoms with Crippen LogP contribution in [0.25, 0.3) is 0 Å². The average Bonchev–Trinajstić information content (AvgIpc) is 2.61. The summed E-state index contributed by atoms with van der Waals surface area (Å²) in [7, 11) is 4.52. The minimum absolute atomic E-state index is 0.403. The maximum absolute atomic E-state index is 3.73. The molecule has 1 heterocycles. The Morgan fingerprint density at radius 2 is 1.95 bits per heavy atom. The van der Waals surface area contributed by atoms with E-state index in [0.717, 1.165) is 13.1 Å². The van der Waals surface area contributed by atoms with Gasteiger partial charge in [-0.05, 0) is 70.7 Å². The minimum atomic E-state index is 0.403. The van der Waals surface area contributed by atoms with Crippen LogP contribution in [0, 0.1) is 13.8 Å². The lowest BCUT2D eigenvalue weighted by molar-refractivity contribution is 0.179. The summed E-state index contributed by atoms with van der Waals surface area (Å²) in [6.45, 7) is 11.1. The molecule has 2 atom stereocenters. The third-order valence-electron chi connectivity index (χ3n) is 4.81. The Kier molecular flexibility index (Phi) is 5.80. The van der Waals surface area contributed by atoms with Gasteiger partial charge in [-0.15, -0.1) is 0 Å². The van der Waals surface area contributed by atoms with Crippen LogP contribution in [-0.2, 0) is 0 Å². The van der Waals surface area contributed by atoms with E-state index in [2.05, 4.69) is 68.2 Å². The van der Waals surface area contributed by atoms with Crippen LogP contribution in [0.15, 0.2) is 18.2 Å². The smallest absolute Gasteiger partial charge is 0.0490 e. The van der Waals surface area contributed by atoms with E-state index in [-0.39, 0.29) is 0 Å².